The Kier molecular flexibility index (Phi) is 3.94. The molecule has 0 aromatic carbocycles. The number of aryl methyl sites for hydroxylation is 1. The van der Waals surface area contributed by atoms with Crippen LogP contribution in [0, 0.1) is 6.92 Å². The van der Waals surface area contributed by atoms with Crippen molar-refractivity contribution in [1.82, 2.24) is 15.2 Å². The van der Waals surface area contributed by atoms with Gasteiger partial charge < -0.3 is 0 Å². The van der Waals surface area contributed by atoms with Crippen LogP contribution in [0.15, 0.2) is 0 Å². The van der Waals surface area contributed by atoms with E-state index in [2.05, 4.69) is 34.3 Å². The number of carbonyl (C=O) groups excluding carboxylic acids is 1. The molecule has 0 atom stereocenters. The van der Waals surface area contributed by atoms with Gasteiger partial charge in [-0.05, 0) is 12.2 Å². The molecule has 2 N–H and O–H groups in total. The minimum Gasteiger partial charge on any atom is -0.293 e. The highest BCUT2D eigenvalue weighted by Gasteiger charge is 2.06. The molecular formula is C8H14N4OS. The van der Waals surface area contributed by atoms with Crippen molar-refractivity contribution in [3.05, 3.63) is 5.82 Å². The summed E-state index contributed by atoms with van der Waals surface area (Å²) in [6, 6.07) is 0. The zero-order chi connectivity index (χ0) is 10.6. The molecule has 14 heavy (non-hydrogen) atoms. The first kappa shape index (κ1) is 11.0. The molecule has 0 aliphatic rings. The molecule has 0 aliphatic carbocycles. The van der Waals surface area contributed by atoms with Crippen molar-refractivity contribution in [1.29, 1.82) is 0 Å². The number of rotatable bonds is 4. The Morgan fingerprint density at radius 1 is 1.64 bits per heavy atom. The number of nitrogens with one attached hydrogen (secondary N) is 2. The van der Waals surface area contributed by atoms with Crippen molar-refractivity contribution in [3.8, 4) is 0 Å². The van der Waals surface area contributed by atoms with Crippen LogP contribution < -0.4 is 5.32 Å². The molecular weight excluding hydrogens is 200 g/mol. The summed E-state index contributed by atoms with van der Waals surface area (Å²) in [6.07, 6.45) is 0. The van der Waals surface area contributed by atoms with Gasteiger partial charge in [-0.3, -0.25) is 15.2 Å². The third kappa shape index (κ3) is 3.78. The summed E-state index contributed by atoms with van der Waals surface area (Å²) in [4.78, 5) is 15.3. The average molecular weight is 214 g/mol. The predicted octanol–water partition coefficient (Wildman–Crippen LogP) is 1.19. The van der Waals surface area contributed by atoms with Crippen LogP contribution >= 0.6 is 11.8 Å². The molecule has 1 aromatic rings. The van der Waals surface area contributed by atoms with Crippen LogP contribution in [0.3, 0.4) is 0 Å². The lowest BCUT2D eigenvalue weighted by Crippen LogP contribution is -2.16. The van der Waals surface area contributed by atoms with Gasteiger partial charge in [0, 0.05) is 0 Å². The molecule has 5 nitrogen and oxygen atoms in total. The minimum absolute atomic E-state index is 0.0669. The van der Waals surface area contributed by atoms with E-state index in [9.17, 15) is 4.79 Å². The summed E-state index contributed by atoms with van der Waals surface area (Å²) >= 11 is 1.59. The summed E-state index contributed by atoms with van der Waals surface area (Å²) in [5.41, 5.74) is 0. The zero-order valence-corrected chi connectivity index (χ0v) is 9.31. The van der Waals surface area contributed by atoms with Crippen molar-refractivity contribution in [2.24, 2.45) is 0 Å². The maximum Gasteiger partial charge on any atom is 0.248 e. The Labute approximate surface area is 87.1 Å². The van der Waals surface area contributed by atoms with Gasteiger partial charge in [0.25, 0.3) is 0 Å². The van der Waals surface area contributed by atoms with Crippen molar-refractivity contribution in [3.63, 3.8) is 0 Å². The fourth-order valence-corrected chi connectivity index (χ4v) is 1.36. The average Bonchev–Trinajstić information content (AvgIpc) is 2.48. The van der Waals surface area contributed by atoms with Crippen LogP contribution in [-0.2, 0) is 4.79 Å². The lowest BCUT2D eigenvalue weighted by molar-refractivity contribution is -0.113. The second-order valence-corrected chi connectivity index (χ2v) is 4.72. The standard InChI is InChI=1S/C8H14N4OS/c1-5(2)14-4-7(13)10-8-9-6(3)11-12-8/h5H,4H2,1-3H3,(H2,9,10,11,12,13). The van der Waals surface area contributed by atoms with E-state index < -0.39 is 0 Å². The summed E-state index contributed by atoms with van der Waals surface area (Å²) in [5, 5.41) is 9.52. The lowest BCUT2D eigenvalue weighted by atomic mass is 10.6. The Bertz CT molecular complexity index is 310. The van der Waals surface area contributed by atoms with E-state index in [1.165, 1.54) is 0 Å². The highest BCUT2D eigenvalue weighted by molar-refractivity contribution is 8.00. The van der Waals surface area contributed by atoms with Crippen molar-refractivity contribution in [2.45, 2.75) is 26.0 Å². The first-order chi connectivity index (χ1) is 6.58. The second kappa shape index (κ2) is 4.99. The van der Waals surface area contributed by atoms with Gasteiger partial charge in [-0.2, -0.15) is 4.98 Å². The van der Waals surface area contributed by atoms with E-state index in [1.54, 1.807) is 18.7 Å². The lowest BCUT2D eigenvalue weighted by Gasteiger charge is -2.03. The monoisotopic (exact) mass is 214 g/mol. The molecule has 0 unspecified atom stereocenters. The fourth-order valence-electron chi connectivity index (χ4n) is 0.802. The summed E-state index contributed by atoms with van der Waals surface area (Å²) in [6.45, 7) is 5.88. The normalized spacial score (nSPS) is 10.6. The number of hydrogen-bond acceptors (Lipinski definition) is 4. The molecule has 78 valence electrons. The predicted molar refractivity (Wildman–Crippen MR) is 57.3 cm³/mol. The smallest absolute Gasteiger partial charge is 0.248 e. The van der Waals surface area contributed by atoms with Gasteiger partial charge >= 0.3 is 0 Å². The van der Waals surface area contributed by atoms with E-state index >= 15 is 0 Å². The Morgan fingerprint density at radius 3 is 2.86 bits per heavy atom. The van der Waals surface area contributed by atoms with Gasteiger partial charge in [-0.15, -0.1) is 16.9 Å². The molecule has 0 bridgehead atoms. The highest BCUT2D eigenvalue weighted by atomic mass is 32.2. The maximum atomic E-state index is 11.3. The first-order valence-corrected chi connectivity index (χ1v) is 5.43. The third-order valence-corrected chi connectivity index (χ3v) is 2.49. The molecule has 1 amide bonds. The Balaban J connectivity index is 2.34. The van der Waals surface area contributed by atoms with E-state index in [4.69, 9.17) is 0 Å². The largest absolute Gasteiger partial charge is 0.293 e. The van der Waals surface area contributed by atoms with Gasteiger partial charge in [-0.1, -0.05) is 13.8 Å². The van der Waals surface area contributed by atoms with Crippen LogP contribution in [0.5, 0.6) is 0 Å². The Hall–Kier alpha value is -1.04. The number of amides is 1. The number of thioether (sulfide) groups is 1. The molecule has 0 fully saturated rings. The van der Waals surface area contributed by atoms with Crippen molar-refractivity contribution in [2.75, 3.05) is 11.1 Å². The number of carbonyl (C=O) groups is 1. The van der Waals surface area contributed by atoms with Crippen LogP contribution in [0.2, 0.25) is 0 Å². The SMILES string of the molecule is Cc1nc(NC(=O)CSC(C)C)n[nH]1. The molecule has 0 aliphatic heterocycles. The molecule has 1 aromatic heterocycles. The van der Waals surface area contributed by atoms with Crippen molar-refractivity contribution < 1.29 is 4.79 Å². The van der Waals surface area contributed by atoms with Crippen LogP contribution in [0.1, 0.15) is 19.7 Å². The number of aromatic nitrogens is 3. The second-order valence-electron chi connectivity index (χ2n) is 3.15. The zero-order valence-electron chi connectivity index (χ0n) is 8.50. The van der Waals surface area contributed by atoms with E-state index in [1.807, 2.05) is 0 Å². The van der Waals surface area contributed by atoms with Crippen LogP contribution in [0.25, 0.3) is 0 Å². The topological polar surface area (TPSA) is 70.7 Å². The highest BCUT2D eigenvalue weighted by Crippen LogP contribution is 2.09. The Morgan fingerprint density at radius 2 is 2.36 bits per heavy atom. The van der Waals surface area contributed by atoms with Gasteiger partial charge in [0.1, 0.15) is 5.82 Å². The van der Waals surface area contributed by atoms with Gasteiger partial charge in [0.15, 0.2) is 0 Å². The fraction of sp³-hybridized carbons (Fsp3) is 0.625. The van der Waals surface area contributed by atoms with E-state index in [-0.39, 0.29) is 5.91 Å². The quantitative estimate of drug-likeness (QED) is 0.790. The molecule has 0 saturated carbocycles. The number of anilines is 1. The summed E-state index contributed by atoms with van der Waals surface area (Å²) < 4.78 is 0. The van der Waals surface area contributed by atoms with Gasteiger partial charge in [0.05, 0.1) is 5.75 Å². The number of aromatic amines is 1. The number of hydrogen-bond donors (Lipinski definition) is 2. The van der Waals surface area contributed by atoms with Crippen LogP contribution in [-0.4, -0.2) is 32.1 Å². The first-order valence-electron chi connectivity index (χ1n) is 4.38. The molecule has 0 saturated heterocycles. The molecule has 1 rings (SSSR count). The molecule has 1 heterocycles. The molecule has 6 heteroatoms. The summed E-state index contributed by atoms with van der Waals surface area (Å²) in [7, 11) is 0. The van der Waals surface area contributed by atoms with Gasteiger partial charge in [0.2, 0.25) is 11.9 Å². The third-order valence-electron chi connectivity index (χ3n) is 1.40. The minimum atomic E-state index is -0.0669. The maximum absolute atomic E-state index is 11.3. The number of nitrogens with zero attached hydrogens (tertiary/aromatic N) is 2. The van der Waals surface area contributed by atoms with Crippen LogP contribution in [0.4, 0.5) is 5.95 Å². The summed E-state index contributed by atoms with van der Waals surface area (Å²) in [5.74, 6) is 1.40. The number of H-pyrrole nitrogens is 1. The molecule has 0 radical (unpaired) electrons. The van der Waals surface area contributed by atoms with Crippen molar-refractivity contribution >= 4 is 23.6 Å². The van der Waals surface area contributed by atoms with E-state index in [0.717, 1.165) is 0 Å². The van der Waals surface area contributed by atoms with E-state index in [0.29, 0.717) is 22.8 Å². The molecule has 0 spiro atoms. The van der Waals surface area contributed by atoms with Gasteiger partial charge in [-0.25, -0.2) is 0 Å².